The molecule has 3 N–H and O–H groups in total. The summed E-state index contributed by atoms with van der Waals surface area (Å²) < 4.78 is 0. The first kappa shape index (κ1) is 18.6. The average molecular weight is 333 g/mol. The molecule has 1 heterocycles. The van der Waals surface area contributed by atoms with Crippen LogP contribution in [-0.2, 0) is 6.54 Å². The summed E-state index contributed by atoms with van der Waals surface area (Å²) in [5.41, 5.74) is 2.35. The first-order valence-electron chi connectivity index (χ1n) is 8.98. The zero-order chi connectivity index (χ0) is 17.5. The Morgan fingerprint density at radius 1 is 1.25 bits per heavy atom. The third kappa shape index (κ3) is 5.41. The number of nitrogens with one attached hydrogen (secondary N) is 2. The quantitative estimate of drug-likeness (QED) is 0.750. The fraction of sp³-hybridized carbons (Fsp3) is 0.632. The molecule has 0 aromatic heterocycles. The number of benzene rings is 1. The van der Waals surface area contributed by atoms with Crippen LogP contribution in [0.3, 0.4) is 0 Å². The monoisotopic (exact) mass is 333 g/mol. The molecule has 0 radical (unpaired) electrons. The van der Waals surface area contributed by atoms with Gasteiger partial charge in [0.05, 0.1) is 0 Å². The number of amides is 2. The molecule has 1 saturated heterocycles. The molecule has 2 unspecified atom stereocenters. The van der Waals surface area contributed by atoms with Crippen LogP contribution in [0.4, 0.5) is 10.5 Å². The van der Waals surface area contributed by atoms with Gasteiger partial charge in [-0.25, -0.2) is 4.79 Å². The van der Waals surface area contributed by atoms with Crippen LogP contribution in [0.25, 0.3) is 0 Å². The Morgan fingerprint density at radius 2 is 1.88 bits per heavy atom. The van der Waals surface area contributed by atoms with Crippen LogP contribution >= 0.6 is 0 Å². The number of piperidine rings is 1. The molecule has 2 rings (SSSR count). The second kappa shape index (κ2) is 8.92. The normalized spacial score (nSPS) is 18.1. The van der Waals surface area contributed by atoms with Crippen LogP contribution in [0.15, 0.2) is 24.3 Å². The minimum atomic E-state index is -0.197. The van der Waals surface area contributed by atoms with E-state index in [0.29, 0.717) is 6.54 Å². The molecule has 1 aliphatic heterocycles. The fourth-order valence-corrected chi connectivity index (χ4v) is 2.83. The largest absolute Gasteiger partial charge is 0.396 e. The van der Waals surface area contributed by atoms with Gasteiger partial charge < -0.3 is 20.6 Å². The maximum absolute atomic E-state index is 11.9. The lowest BCUT2D eigenvalue weighted by Gasteiger charge is -2.32. The molecular formula is C19H31N3O2. The van der Waals surface area contributed by atoms with Crippen molar-refractivity contribution < 1.29 is 9.90 Å². The summed E-state index contributed by atoms with van der Waals surface area (Å²) in [7, 11) is 0. The topological polar surface area (TPSA) is 64.6 Å². The number of aliphatic hydroxyl groups is 1. The Labute approximate surface area is 145 Å². The van der Waals surface area contributed by atoms with Crippen molar-refractivity contribution in [3.8, 4) is 0 Å². The van der Waals surface area contributed by atoms with Crippen LogP contribution < -0.4 is 15.5 Å². The van der Waals surface area contributed by atoms with E-state index in [9.17, 15) is 4.79 Å². The third-order valence-corrected chi connectivity index (χ3v) is 5.04. The minimum Gasteiger partial charge on any atom is -0.396 e. The predicted octanol–water partition coefficient (Wildman–Crippen LogP) is 2.74. The minimum absolute atomic E-state index is 0.0438. The number of rotatable bonds is 6. The SMILES string of the molecule is CC1CCN(c2ccc(CNC(=O)NC(C)C(C)CO)cc2)CC1. The zero-order valence-corrected chi connectivity index (χ0v) is 15.1. The molecule has 5 nitrogen and oxygen atoms in total. The molecule has 0 spiro atoms. The summed E-state index contributed by atoms with van der Waals surface area (Å²) in [5.74, 6) is 0.876. The second-order valence-electron chi connectivity index (χ2n) is 7.11. The summed E-state index contributed by atoms with van der Waals surface area (Å²) in [6.07, 6.45) is 2.52. The molecule has 5 heteroatoms. The van der Waals surface area contributed by atoms with Gasteiger partial charge >= 0.3 is 6.03 Å². The van der Waals surface area contributed by atoms with Gasteiger partial charge in [0.25, 0.3) is 0 Å². The summed E-state index contributed by atoms with van der Waals surface area (Å²) in [6.45, 7) is 8.95. The number of aliphatic hydroxyl groups excluding tert-OH is 1. The van der Waals surface area contributed by atoms with E-state index in [0.717, 1.165) is 24.6 Å². The van der Waals surface area contributed by atoms with Crippen LogP contribution in [-0.4, -0.2) is 36.9 Å². The van der Waals surface area contributed by atoms with Gasteiger partial charge in [0.2, 0.25) is 0 Å². The maximum atomic E-state index is 11.9. The highest BCUT2D eigenvalue weighted by atomic mass is 16.3. The number of nitrogens with zero attached hydrogens (tertiary/aromatic N) is 1. The molecule has 0 aliphatic carbocycles. The van der Waals surface area contributed by atoms with Crippen molar-refractivity contribution in [2.75, 3.05) is 24.6 Å². The van der Waals surface area contributed by atoms with Crippen molar-refractivity contribution in [2.45, 2.75) is 46.2 Å². The third-order valence-electron chi connectivity index (χ3n) is 5.04. The van der Waals surface area contributed by atoms with Crippen LogP contribution in [0, 0.1) is 11.8 Å². The Morgan fingerprint density at radius 3 is 2.46 bits per heavy atom. The van der Waals surface area contributed by atoms with Crippen molar-refractivity contribution in [1.82, 2.24) is 10.6 Å². The van der Waals surface area contributed by atoms with Gasteiger partial charge in [0.1, 0.15) is 0 Å². The molecule has 0 saturated carbocycles. The fourth-order valence-electron chi connectivity index (χ4n) is 2.83. The van der Waals surface area contributed by atoms with Gasteiger partial charge in [0, 0.05) is 38.0 Å². The molecule has 24 heavy (non-hydrogen) atoms. The van der Waals surface area contributed by atoms with E-state index in [1.807, 2.05) is 13.8 Å². The summed E-state index contributed by atoms with van der Waals surface area (Å²) in [4.78, 5) is 14.3. The summed E-state index contributed by atoms with van der Waals surface area (Å²) in [6, 6.07) is 8.18. The molecule has 134 valence electrons. The number of urea groups is 1. The number of hydrogen-bond donors (Lipinski definition) is 3. The zero-order valence-electron chi connectivity index (χ0n) is 15.1. The van der Waals surface area contributed by atoms with Gasteiger partial charge in [0.15, 0.2) is 0 Å². The smallest absolute Gasteiger partial charge is 0.315 e. The van der Waals surface area contributed by atoms with Crippen molar-refractivity contribution >= 4 is 11.7 Å². The van der Waals surface area contributed by atoms with E-state index in [2.05, 4.69) is 46.7 Å². The van der Waals surface area contributed by atoms with E-state index < -0.39 is 0 Å². The average Bonchev–Trinajstić information content (AvgIpc) is 2.60. The summed E-state index contributed by atoms with van der Waals surface area (Å²) >= 11 is 0. The highest BCUT2D eigenvalue weighted by molar-refractivity contribution is 5.74. The van der Waals surface area contributed by atoms with Crippen molar-refractivity contribution in [2.24, 2.45) is 11.8 Å². The lowest BCUT2D eigenvalue weighted by atomic mass is 9.99. The van der Waals surface area contributed by atoms with E-state index >= 15 is 0 Å². The Kier molecular flexibility index (Phi) is 6.91. The van der Waals surface area contributed by atoms with Crippen molar-refractivity contribution in [1.29, 1.82) is 0 Å². The Hall–Kier alpha value is -1.75. The van der Waals surface area contributed by atoms with Gasteiger partial charge in [-0.15, -0.1) is 0 Å². The molecule has 1 aromatic rings. The highest BCUT2D eigenvalue weighted by Gasteiger charge is 2.16. The van der Waals surface area contributed by atoms with E-state index in [1.165, 1.54) is 18.5 Å². The van der Waals surface area contributed by atoms with E-state index in [-0.39, 0.29) is 24.6 Å². The standard InChI is InChI=1S/C19H31N3O2/c1-14-8-10-22(11-9-14)18-6-4-17(5-7-18)12-20-19(24)21-16(3)15(2)13-23/h4-7,14-16,23H,8-13H2,1-3H3,(H2,20,21,24). The second-order valence-corrected chi connectivity index (χ2v) is 7.11. The van der Waals surface area contributed by atoms with Crippen LogP contribution in [0.2, 0.25) is 0 Å². The summed E-state index contributed by atoms with van der Waals surface area (Å²) in [5, 5.41) is 14.8. The van der Waals surface area contributed by atoms with Gasteiger partial charge in [-0.1, -0.05) is 26.0 Å². The maximum Gasteiger partial charge on any atom is 0.315 e. The number of carbonyl (C=O) groups excluding carboxylic acids is 1. The number of anilines is 1. The molecule has 2 atom stereocenters. The van der Waals surface area contributed by atoms with Gasteiger partial charge in [-0.2, -0.15) is 0 Å². The van der Waals surface area contributed by atoms with Gasteiger partial charge in [-0.05, 0) is 49.3 Å². The molecule has 1 fully saturated rings. The Bertz CT molecular complexity index is 510. The van der Waals surface area contributed by atoms with Crippen molar-refractivity contribution in [3.63, 3.8) is 0 Å². The van der Waals surface area contributed by atoms with E-state index in [4.69, 9.17) is 5.11 Å². The Balaban J connectivity index is 1.78. The van der Waals surface area contributed by atoms with Crippen LogP contribution in [0.1, 0.15) is 39.2 Å². The highest BCUT2D eigenvalue weighted by Crippen LogP contribution is 2.23. The first-order chi connectivity index (χ1) is 11.5. The molecule has 1 aromatic carbocycles. The van der Waals surface area contributed by atoms with Gasteiger partial charge in [-0.3, -0.25) is 0 Å². The van der Waals surface area contributed by atoms with Crippen LogP contribution in [0.5, 0.6) is 0 Å². The molecular weight excluding hydrogens is 302 g/mol. The first-order valence-corrected chi connectivity index (χ1v) is 8.98. The lowest BCUT2D eigenvalue weighted by molar-refractivity contribution is 0.200. The number of carbonyl (C=O) groups is 1. The lowest BCUT2D eigenvalue weighted by Crippen LogP contribution is -2.43. The molecule has 1 aliphatic rings. The molecule has 2 amide bonds. The molecule has 0 bridgehead atoms. The predicted molar refractivity (Wildman–Crippen MR) is 98.1 cm³/mol. The number of hydrogen-bond acceptors (Lipinski definition) is 3. The van der Waals surface area contributed by atoms with E-state index in [1.54, 1.807) is 0 Å². The van der Waals surface area contributed by atoms with Crippen molar-refractivity contribution in [3.05, 3.63) is 29.8 Å².